The van der Waals surface area contributed by atoms with E-state index in [1.54, 1.807) is 10.7 Å². The Morgan fingerprint density at radius 2 is 2.00 bits per heavy atom. The van der Waals surface area contributed by atoms with E-state index in [0.717, 1.165) is 36.9 Å². The average molecular weight is 266 g/mol. The number of rotatable bonds is 1. The van der Waals surface area contributed by atoms with E-state index >= 15 is 0 Å². The predicted octanol–water partition coefficient (Wildman–Crippen LogP) is 3.13. The van der Waals surface area contributed by atoms with Gasteiger partial charge in [0.25, 0.3) is 0 Å². The van der Waals surface area contributed by atoms with E-state index in [4.69, 9.17) is 17.3 Å². The number of nitrogens with two attached hydrogens (primary N) is 1. The molecule has 2 aromatic rings. The normalized spacial score (nSPS) is 14.6. The highest BCUT2D eigenvalue weighted by Crippen LogP contribution is 2.29. The lowest BCUT2D eigenvalue weighted by atomic mass is 9.97. The highest BCUT2D eigenvalue weighted by Gasteiger charge is 2.20. The van der Waals surface area contributed by atoms with E-state index in [2.05, 4.69) is 5.10 Å². The van der Waals surface area contributed by atoms with Crippen LogP contribution >= 0.6 is 11.6 Å². The Balaban J connectivity index is 2.17. The zero-order chi connectivity index (χ0) is 12.7. The third kappa shape index (κ3) is 1.86. The lowest BCUT2D eigenvalue weighted by molar-refractivity contribution is 0.621. The summed E-state index contributed by atoms with van der Waals surface area (Å²) in [6.07, 6.45) is 4.12. The third-order valence-corrected chi connectivity index (χ3v) is 3.52. The van der Waals surface area contributed by atoms with E-state index in [1.807, 2.05) is 0 Å². The molecule has 0 fully saturated rings. The molecule has 18 heavy (non-hydrogen) atoms. The summed E-state index contributed by atoms with van der Waals surface area (Å²) in [4.78, 5) is 0. The summed E-state index contributed by atoms with van der Waals surface area (Å²) in [6.45, 7) is 0. The Kier molecular flexibility index (Phi) is 2.74. The van der Waals surface area contributed by atoms with Crippen molar-refractivity contribution in [1.82, 2.24) is 9.78 Å². The van der Waals surface area contributed by atoms with Crippen molar-refractivity contribution in [2.45, 2.75) is 25.7 Å². The number of halogens is 2. The quantitative estimate of drug-likeness (QED) is 0.861. The van der Waals surface area contributed by atoms with Crippen molar-refractivity contribution >= 4 is 17.4 Å². The van der Waals surface area contributed by atoms with Crippen LogP contribution in [0.2, 0.25) is 5.02 Å². The zero-order valence-corrected chi connectivity index (χ0v) is 10.5. The van der Waals surface area contributed by atoms with E-state index in [0.29, 0.717) is 16.5 Å². The summed E-state index contributed by atoms with van der Waals surface area (Å²) in [7, 11) is 0. The van der Waals surface area contributed by atoms with Crippen LogP contribution < -0.4 is 5.73 Å². The Hall–Kier alpha value is -1.55. The second kappa shape index (κ2) is 4.28. The number of anilines is 1. The second-order valence-electron chi connectivity index (χ2n) is 4.56. The van der Waals surface area contributed by atoms with Crippen LogP contribution in [0.4, 0.5) is 10.2 Å². The molecule has 3 nitrogen and oxygen atoms in total. The third-order valence-electron chi connectivity index (χ3n) is 3.30. The fraction of sp³-hybridized carbons (Fsp3) is 0.308. The monoisotopic (exact) mass is 265 g/mol. The largest absolute Gasteiger partial charge is 0.382 e. The molecular weight excluding hydrogens is 253 g/mol. The van der Waals surface area contributed by atoms with Gasteiger partial charge in [0.1, 0.15) is 11.6 Å². The number of nitrogens with zero attached hydrogens (tertiary/aromatic N) is 2. The van der Waals surface area contributed by atoms with Gasteiger partial charge >= 0.3 is 0 Å². The second-order valence-corrected chi connectivity index (χ2v) is 4.99. The molecule has 2 N–H and O–H groups in total. The molecule has 1 aromatic carbocycles. The molecule has 0 saturated carbocycles. The number of hydrogen-bond donors (Lipinski definition) is 1. The first-order valence-corrected chi connectivity index (χ1v) is 6.35. The molecule has 5 heteroatoms. The highest BCUT2D eigenvalue weighted by molar-refractivity contribution is 6.30. The van der Waals surface area contributed by atoms with Crippen LogP contribution in [0, 0.1) is 5.82 Å². The van der Waals surface area contributed by atoms with Crippen molar-refractivity contribution in [2.75, 3.05) is 5.73 Å². The van der Waals surface area contributed by atoms with Gasteiger partial charge in [0, 0.05) is 16.3 Å². The fourth-order valence-electron chi connectivity index (χ4n) is 2.50. The standard InChI is InChI=1S/C13H13ClFN3/c14-8-5-9(15)7-10(6-8)18-12-4-2-1-3-11(12)13(16)17-18/h5-7H,1-4H2,(H2,16,17). The van der Waals surface area contributed by atoms with Crippen LogP contribution in [0.5, 0.6) is 0 Å². The van der Waals surface area contributed by atoms with Gasteiger partial charge < -0.3 is 5.73 Å². The summed E-state index contributed by atoms with van der Waals surface area (Å²) in [5.74, 6) is 0.182. The summed E-state index contributed by atoms with van der Waals surface area (Å²) in [6, 6.07) is 4.41. The zero-order valence-electron chi connectivity index (χ0n) is 9.79. The molecule has 0 saturated heterocycles. The number of aromatic nitrogens is 2. The molecule has 0 aliphatic heterocycles. The Morgan fingerprint density at radius 1 is 1.22 bits per heavy atom. The first kappa shape index (κ1) is 11.5. The fourth-order valence-corrected chi connectivity index (χ4v) is 2.72. The number of fused-ring (bicyclic) bond motifs is 1. The maximum Gasteiger partial charge on any atom is 0.149 e. The summed E-state index contributed by atoms with van der Waals surface area (Å²) >= 11 is 5.88. The summed E-state index contributed by atoms with van der Waals surface area (Å²) in [5.41, 5.74) is 8.73. The molecule has 0 unspecified atom stereocenters. The molecule has 1 aliphatic rings. The van der Waals surface area contributed by atoms with Gasteiger partial charge in [0.05, 0.1) is 5.69 Å². The van der Waals surface area contributed by atoms with E-state index < -0.39 is 0 Å². The number of nitrogen functional groups attached to an aromatic ring is 1. The molecule has 0 amide bonds. The maximum absolute atomic E-state index is 13.4. The lowest BCUT2D eigenvalue weighted by Gasteiger charge is -2.14. The Bertz CT molecular complexity index is 586. The van der Waals surface area contributed by atoms with Gasteiger partial charge in [0.2, 0.25) is 0 Å². The minimum Gasteiger partial charge on any atom is -0.382 e. The molecule has 0 atom stereocenters. The molecule has 3 rings (SSSR count). The van der Waals surface area contributed by atoms with Crippen LogP contribution in [0.15, 0.2) is 18.2 Å². The van der Waals surface area contributed by atoms with Crippen molar-refractivity contribution < 1.29 is 4.39 Å². The smallest absolute Gasteiger partial charge is 0.149 e. The molecule has 0 radical (unpaired) electrons. The summed E-state index contributed by atoms with van der Waals surface area (Å²) in [5, 5.41) is 4.68. The number of benzene rings is 1. The van der Waals surface area contributed by atoms with Gasteiger partial charge in [-0.2, -0.15) is 5.10 Å². The molecule has 1 aliphatic carbocycles. The molecule has 94 valence electrons. The molecule has 1 aromatic heterocycles. The molecule has 1 heterocycles. The van der Waals surface area contributed by atoms with E-state index in [9.17, 15) is 4.39 Å². The van der Waals surface area contributed by atoms with Crippen LogP contribution in [0.3, 0.4) is 0 Å². The first-order chi connectivity index (χ1) is 8.65. The van der Waals surface area contributed by atoms with Gasteiger partial charge in [-0.1, -0.05) is 11.6 Å². The van der Waals surface area contributed by atoms with Crippen molar-refractivity contribution in [1.29, 1.82) is 0 Å². The van der Waals surface area contributed by atoms with Crippen LogP contribution in [0.25, 0.3) is 5.69 Å². The van der Waals surface area contributed by atoms with Crippen LogP contribution in [-0.4, -0.2) is 9.78 Å². The van der Waals surface area contributed by atoms with Crippen molar-refractivity contribution in [3.63, 3.8) is 0 Å². The first-order valence-electron chi connectivity index (χ1n) is 5.98. The molecule has 0 spiro atoms. The minimum atomic E-state index is -0.365. The maximum atomic E-state index is 13.4. The predicted molar refractivity (Wildman–Crippen MR) is 69.6 cm³/mol. The van der Waals surface area contributed by atoms with Crippen molar-refractivity contribution in [3.05, 3.63) is 40.3 Å². The SMILES string of the molecule is Nc1nn(-c2cc(F)cc(Cl)c2)c2c1CCCC2. The van der Waals surface area contributed by atoms with Gasteiger partial charge in [-0.25, -0.2) is 9.07 Å². The Labute approximate surface area is 109 Å². The molecular formula is C13H13ClFN3. The number of hydrogen-bond acceptors (Lipinski definition) is 2. The van der Waals surface area contributed by atoms with Gasteiger partial charge in [0.15, 0.2) is 0 Å². The highest BCUT2D eigenvalue weighted by atomic mass is 35.5. The van der Waals surface area contributed by atoms with Crippen molar-refractivity contribution in [3.8, 4) is 5.69 Å². The topological polar surface area (TPSA) is 43.8 Å². The summed E-state index contributed by atoms with van der Waals surface area (Å²) < 4.78 is 15.1. The lowest BCUT2D eigenvalue weighted by Crippen LogP contribution is -2.08. The van der Waals surface area contributed by atoms with Crippen molar-refractivity contribution in [2.24, 2.45) is 0 Å². The van der Waals surface area contributed by atoms with Crippen LogP contribution in [0.1, 0.15) is 24.1 Å². The molecule has 0 bridgehead atoms. The van der Waals surface area contributed by atoms with Gasteiger partial charge in [-0.3, -0.25) is 0 Å². The van der Waals surface area contributed by atoms with E-state index in [1.165, 1.54) is 12.1 Å². The Morgan fingerprint density at radius 3 is 2.78 bits per heavy atom. The van der Waals surface area contributed by atoms with Gasteiger partial charge in [-0.15, -0.1) is 0 Å². The average Bonchev–Trinajstić information content (AvgIpc) is 2.66. The van der Waals surface area contributed by atoms with Gasteiger partial charge in [-0.05, 0) is 43.9 Å². The van der Waals surface area contributed by atoms with E-state index in [-0.39, 0.29) is 5.82 Å². The van der Waals surface area contributed by atoms with Crippen LogP contribution in [-0.2, 0) is 12.8 Å². The minimum absolute atomic E-state index is 0.364.